The predicted molar refractivity (Wildman–Crippen MR) is 78.3 cm³/mol. The van der Waals surface area contributed by atoms with E-state index < -0.39 is 0 Å². The van der Waals surface area contributed by atoms with Crippen LogP contribution in [0.5, 0.6) is 5.75 Å². The highest BCUT2D eigenvalue weighted by molar-refractivity contribution is 5.35. The smallest absolute Gasteiger partial charge is 0.123 e. The minimum Gasteiger partial charge on any atom is -0.496 e. The Kier molecular flexibility index (Phi) is 3.79. The molecule has 0 heterocycles. The van der Waals surface area contributed by atoms with Crippen LogP contribution in [0.25, 0.3) is 0 Å². The van der Waals surface area contributed by atoms with Gasteiger partial charge in [-0.25, -0.2) is 0 Å². The van der Waals surface area contributed by atoms with Crippen LogP contribution in [0.15, 0.2) is 24.3 Å². The van der Waals surface area contributed by atoms with E-state index in [2.05, 4.69) is 24.4 Å². The summed E-state index contributed by atoms with van der Waals surface area (Å²) in [6.45, 7) is 3.41. The lowest BCUT2D eigenvalue weighted by molar-refractivity contribution is 0.307. The lowest BCUT2D eigenvalue weighted by Gasteiger charge is -2.25. The Morgan fingerprint density at radius 2 is 2.11 bits per heavy atom. The molecule has 104 valence electrons. The third kappa shape index (κ3) is 2.64. The van der Waals surface area contributed by atoms with Crippen LogP contribution in [0.3, 0.4) is 0 Å². The number of benzene rings is 1. The van der Waals surface area contributed by atoms with Crippen molar-refractivity contribution >= 4 is 0 Å². The molecule has 0 aliphatic heterocycles. The first-order valence-electron chi connectivity index (χ1n) is 7.64. The molecule has 19 heavy (non-hydrogen) atoms. The number of ether oxygens (including phenoxy) is 1. The maximum Gasteiger partial charge on any atom is 0.123 e. The first-order valence-corrected chi connectivity index (χ1v) is 7.64. The van der Waals surface area contributed by atoms with Crippen molar-refractivity contribution in [2.45, 2.75) is 38.6 Å². The van der Waals surface area contributed by atoms with Crippen LogP contribution in [-0.2, 0) is 0 Å². The molecule has 2 bridgehead atoms. The van der Waals surface area contributed by atoms with E-state index in [9.17, 15) is 0 Å². The maximum absolute atomic E-state index is 5.45. The molecule has 0 amide bonds. The van der Waals surface area contributed by atoms with Crippen molar-refractivity contribution < 1.29 is 4.74 Å². The van der Waals surface area contributed by atoms with Gasteiger partial charge in [0.1, 0.15) is 5.75 Å². The number of nitrogens with one attached hydrogen (secondary N) is 1. The monoisotopic (exact) mass is 259 g/mol. The van der Waals surface area contributed by atoms with Crippen LogP contribution in [0.1, 0.15) is 44.2 Å². The second kappa shape index (κ2) is 5.54. The van der Waals surface area contributed by atoms with Gasteiger partial charge >= 0.3 is 0 Å². The van der Waals surface area contributed by atoms with Crippen molar-refractivity contribution in [3.05, 3.63) is 29.8 Å². The van der Waals surface area contributed by atoms with Crippen LogP contribution >= 0.6 is 0 Å². The van der Waals surface area contributed by atoms with Crippen LogP contribution in [-0.4, -0.2) is 13.7 Å². The number of hydrogen-bond acceptors (Lipinski definition) is 2. The van der Waals surface area contributed by atoms with Crippen LogP contribution in [0.4, 0.5) is 0 Å². The molecule has 2 aliphatic rings. The number of hydrogen-bond donors (Lipinski definition) is 1. The average molecular weight is 259 g/mol. The molecule has 2 nitrogen and oxygen atoms in total. The molecule has 0 saturated heterocycles. The molecule has 3 rings (SSSR count). The molecule has 1 aromatic rings. The van der Waals surface area contributed by atoms with Gasteiger partial charge in [-0.15, -0.1) is 0 Å². The highest BCUT2D eigenvalue weighted by Gasteiger charge is 2.39. The number of fused-ring (bicyclic) bond motifs is 2. The van der Waals surface area contributed by atoms with Crippen molar-refractivity contribution in [1.82, 2.24) is 5.32 Å². The van der Waals surface area contributed by atoms with Gasteiger partial charge < -0.3 is 10.1 Å². The Morgan fingerprint density at radius 1 is 1.26 bits per heavy atom. The summed E-state index contributed by atoms with van der Waals surface area (Å²) in [5.74, 6) is 3.95. The SMILES string of the molecule is COc1ccccc1[C@@H](C)NCC1CC2CCC1C2. The molecule has 4 atom stereocenters. The van der Waals surface area contributed by atoms with Gasteiger partial charge in [0.25, 0.3) is 0 Å². The van der Waals surface area contributed by atoms with Crippen molar-refractivity contribution in [2.75, 3.05) is 13.7 Å². The van der Waals surface area contributed by atoms with Gasteiger partial charge in [-0.05, 0) is 56.6 Å². The zero-order valence-corrected chi connectivity index (χ0v) is 12.1. The van der Waals surface area contributed by atoms with Gasteiger partial charge in [0, 0.05) is 11.6 Å². The van der Waals surface area contributed by atoms with Crippen LogP contribution in [0, 0.1) is 17.8 Å². The molecule has 3 unspecified atom stereocenters. The first-order chi connectivity index (χ1) is 9.28. The molecule has 1 N–H and O–H groups in total. The Labute approximate surface area is 116 Å². The fourth-order valence-electron chi connectivity index (χ4n) is 4.09. The van der Waals surface area contributed by atoms with Crippen molar-refractivity contribution in [3.63, 3.8) is 0 Å². The molecule has 0 radical (unpaired) electrons. The van der Waals surface area contributed by atoms with E-state index in [1.807, 2.05) is 12.1 Å². The average Bonchev–Trinajstić information content (AvgIpc) is 3.07. The number of methoxy groups -OCH3 is 1. The normalized spacial score (nSPS) is 30.5. The zero-order valence-electron chi connectivity index (χ0n) is 12.1. The molecule has 0 spiro atoms. The quantitative estimate of drug-likeness (QED) is 0.869. The van der Waals surface area contributed by atoms with Gasteiger partial charge in [-0.1, -0.05) is 24.6 Å². The third-order valence-electron chi connectivity index (χ3n) is 5.18. The molecule has 2 heteroatoms. The molecular weight excluding hydrogens is 234 g/mol. The van der Waals surface area contributed by atoms with E-state index in [0.717, 1.165) is 23.5 Å². The Hall–Kier alpha value is -1.02. The third-order valence-corrected chi connectivity index (χ3v) is 5.18. The zero-order chi connectivity index (χ0) is 13.2. The van der Waals surface area contributed by atoms with Crippen molar-refractivity contribution in [2.24, 2.45) is 17.8 Å². The molecule has 2 saturated carbocycles. The summed E-state index contributed by atoms with van der Waals surface area (Å²) in [5, 5.41) is 3.72. The molecule has 2 fully saturated rings. The highest BCUT2D eigenvalue weighted by Crippen LogP contribution is 2.48. The summed E-state index contributed by atoms with van der Waals surface area (Å²) in [4.78, 5) is 0. The summed E-state index contributed by atoms with van der Waals surface area (Å²) in [5.41, 5.74) is 1.27. The van der Waals surface area contributed by atoms with E-state index in [1.165, 1.54) is 37.8 Å². The Balaban J connectivity index is 1.57. The Morgan fingerprint density at radius 3 is 2.79 bits per heavy atom. The molecular formula is C17H25NO. The summed E-state index contributed by atoms with van der Waals surface area (Å²) in [7, 11) is 1.75. The fourth-order valence-corrected chi connectivity index (χ4v) is 4.09. The predicted octanol–water partition coefficient (Wildman–Crippen LogP) is 3.78. The second-order valence-electron chi connectivity index (χ2n) is 6.31. The maximum atomic E-state index is 5.45. The second-order valence-corrected chi connectivity index (χ2v) is 6.31. The van der Waals surface area contributed by atoms with Gasteiger partial charge in [-0.2, -0.15) is 0 Å². The number of rotatable bonds is 5. The van der Waals surface area contributed by atoms with E-state index in [1.54, 1.807) is 7.11 Å². The van der Waals surface area contributed by atoms with Crippen molar-refractivity contribution in [1.29, 1.82) is 0 Å². The topological polar surface area (TPSA) is 21.3 Å². The molecule has 1 aromatic carbocycles. The van der Waals surface area contributed by atoms with E-state index in [-0.39, 0.29) is 0 Å². The van der Waals surface area contributed by atoms with E-state index in [4.69, 9.17) is 4.74 Å². The minimum atomic E-state index is 0.371. The molecule has 0 aromatic heterocycles. The Bertz CT molecular complexity index is 431. The van der Waals surface area contributed by atoms with E-state index >= 15 is 0 Å². The minimum absolute atomic E-state index is 0.371. The van der Waals surface area contributed by atoms with Crippen molar-refractivity contribution in [3.8, 4) is 5.75 Å². The highest BCUT2D eigenvalue weighted by atomic mass is 16.5. The number of para-hydroxylation sites is 1. The standard InChI is InChI=1S/C17H25NO/c1-12(16-5-3-4-6-17(16)19-2)18-11-15-10-13-7-8-14(15)9-13/h3-6,12-15,18H,7-11H2,1-2H3/t12-,13?,14?,15?/m1/s1. The largest absolute Gasteiger partial charge is 0.496 e. The van der Waals surface area contributed by atoms with Gasteiger partial charge in [-0.3, -0.25) is 0 Å². The van der Waals surface area contributed by atoms with Crippen LogP contribution in [0.2, 0.25) is 0 Å². The lowest BCUT2D eigenvalue weighted by Crippen LogP contribution is -2.28. The summed E-state index contributed by atoms with van der Waals surface area (Å²) in [6, 6.07) is 8.70. The van der Waals surface area contributed by atoms with Crippen LogP contribution < -0.4 is 10.1 Å². The van der Waals surface area contributed by atoms with Gasteiger partial charge in [0.2, 0.25) is 0 Å². The first kappa shape index (κ1) is 13.0. The van der Waals surface area contributed by atoms with Gasteiger partial charge in [0.15, 0.2) is 0 Å². The lowest BCUT2D eigenvalue weighted by atomic mass is 9.88. The summed E-state index contributed by atoms with van der Waals surface area (Å²) in [6.07, 6.45) is 5.91. The molecule has 2 aliphatic carbocycles. The van der Waals surface area contributed by atoms with Gasteiger partial charge in [0.05, 0.1) is 7.11 Å². The summed E-state index contributed by atoms with van der Waals surface area (Å²) < 4.78 is 5.45. The van der Waals surface area contributed by atoms with E-state index in [0.29, 0.717) is 6.04 Å². The summed E-state index contributed by atoms with van der Waals surface area (Å²) >= 11 is 0. The fraction of sp³-hybridized carbons (Fsp3) is 0.647.